The van der Waals surface area contributed by atoms with E-state index in [0.29, 0.717) is 9.90 Å². The van der Waals surface area contributed by atoms with Crippen molar-refractivity contribution in [3.63, 3.8) is 0 Å². The first kappa shape index (κ1) is 13.2. The molecule has 100 valence electrons. The van der Waals surface area contributed by atoms with Gasteiger partial charge in [0.25, 0.3) is 5.91 Å². The van der Waals surface area contributed by atoms with Crippen LogP contribution >= 0.6 is 22.9 Å². The monoisotopic (exact) mass is 301 g/mol. The van der Waals surface area contributed by atoms with Crippen molar-refractivity contribution in [2.45, 2.75) is 6.92 Å². The molecule has 1 amide bonds. The van der Waals surface area contributed by atoms with Crippen LogP contribution in [0.2, 0.25) is 5.02 Å². The van der Waals surface area contributed by atoms with Crippen molar-refractivity contribution in [3.05, 3.63) is 64.0 Å². The third-order valence-electron chi connectivity index (χ3n) is 3.17. The number of amides is 1. The van der Waals surface area contributed by atoms with Crippen LogP contribution in [0.15, 0.2) is 48.5 Å². The van der Waals surface area contributed by atoms with Gasteiger partial charge in [-0.15, -0.1) is 11.3 Å². The van der Waals surface area contributed by atoms with Crippen LogP contribution < -0.4 is 5.32 Å². The average Bonchev–Trinajstić information content (AvgIpc) is 2.88. The highest BCUT2D eigenvalue weighted by atomic mass is 35.5. The fourth-order valence-corrected chi connectivity index (χ4v) is 3.15. The van der Waals surface area contributed by atoms with Crippen LogP contribution in [0.4, 0.5) is 5.69 Å². The Hall–Kier alpha value is -1.84. The SMILES string of the molecule is Cc1c(Cl)cccc1NC(=O)c1cc2ccccc2s1. The summed E-state index contributed by atoms with van der Waals surface area (Å²) in [4.78, 5) is 13.0. The number of nitrogens with one attached hydrogen (secondary N) is 1. The molecule has 3 aromatic rings. The van der Waals surface area contributed by atoms with E-state index in [2.05, 4.69) is 5.32 Å². The van der Waals surface area contributed by atoms with Gasteiger partial charge in [0, 0.05) is 15.4 Å². The number of halogens is 1. The van der Waals surface area contributed by atoms with Gasteiger partial charge < -0.3 is 5.32 Å². The lowest BCUT2D eigenvalue weighted by atomic mass is 10.2. The number of rotatable bonds is 2. The van der Waals surface area contributed by atoms with Crippen molar-refractivity contribution in [1.82, 2.24) is 0 Å². The summed E-state index contributed by atoms with van der Waals surface area (Å²) in [6.45, 7) is 1.89. The molecule has 0 bridgehead atoms. The molecule has 0 saturated carbocycles. The van der Waals surface area contributed by atoms with E-state index in [0.717, 1.165) is 21.3 Å². The molecule has 0 atom stereocenters. The second kappa shape index (κ2) is 5.27. The van der Waals surface area contributed by atoms with E-state index >= 15 is 0 Å². The summed E-state index contributed by atoms with van der Waals surface area (Å²) < 4.78 is 1.11. The van der Waals surface area contributed by atoms with Gasteiger partial charge in [0.05, 0.1) is 4.88 Å². The first-order chi connectivity index (χ1) is 9.65. The van der Waals surface area contributed by atoms with Gasteiger partial charge in [0.2, 0.25) is 0 Å². The molecule has 0 unspecified atom stereocenters. The Morgan fingerprint density at radius 3 is 2.75 bits per heavy atom. The third-order valence-corrected chi connectivity index (χ3v) is 4.69. The Morgan fingerprint density at radius 1 is 1.15 bits per heavy atom. The number of anilines is 1. The standard InChI is InChI=1S/C16H12ClNOS/c1-10-12(17)6-4-7-13(10)18-16(19)15-9-11-5-2-3-8-14(11)20-15/h2-9H,1H3,(H,18,19). The number of carbonyl (C=O) groups is 1. The van der Waals surface area contributed by atoms with E-state index in [-0.39, 0.29) is 5.91 Å². The number of carbonyl (C=O) groups excluding carboxylic acids is 1. The predicted octanol–water partition coefficient (Wildman–Crippen LogP) is 5.12. The lowest BCUT2D eigenvalue weighted by Crippen LogP contribution is -2.11. The summed E-state index contributed by atoms with van der Waals surface area (Å²) in [6.07, 6.45) is 0. The Kier molecular flexibility index (Phi) is 3.47. The quantitative estimate of drug-likeness (QED) is 0.699. The van der Waals surface area contributed by atoms with Crippen molar-refractivity contribution in [2.24, 2.45) is 0 Å². The molecule has 0 fully saturated rings. The molecule has 4 heteroatoms. The summed E-state index contributed by atoms with van der Waals surface area (Å²) in [5.41, 5.74) is 1.63. The van der Waals surface area contributed by atoms with Gasteiger partial charge in [-0.05, 0) is 42.1 Å². The molecule has 1 heterocycles. The normalized spacial score (nSPS) is 10.7. The Bertz CT molecular complexity index is 761. The molecule has 3 rings (SSSR count). The predicted molar refractivity (Wildman–Crippen MR) is 86.0 cm³/mol. The fourth-order valence-electron chi connectivity index (χ4n) is 2.02. The number of hydrogen-bond acceptors (Lipinski definition) is 2. The summed E-state index contributed by atoms with van der Waals surface area (Å²) in [6, 6.07) is 15.4. The van der Waals surface area contributed by atoms with Crippen molar-refractivity contribution in [3.8, 4) is 0 Å². The minimum absolute atomic E-state index is 0.100. The molecule has 0 radical (unpaired) electrons. The van der Waals surface area contributed by atoms with Crippen LogP contribution in [0.3, 0.4) is 0 Å². The maximum Gasteiger partial charge on any atom is 0.265 e. The molecule has 2 aromatic carbocycles. The second-order valence-electron chi connectivity index (χ2n) is 4.51. The molecule has 0 aliphatic carbocycles. The van der Waals surface area contributed by atoms with Gasteiger partial charge in [0.1, 0.15) is 0 Å². The van der Waals surface area contributed by atoms with Crippen LogP contribution in [0, 0.1) is 6.92 Å². The number of fused-ring (bicyclic) bond motifs is 1. The van der Waals surface area contributed by atoms with Gasteiger partial charge in [-0.25, -0.2) is 0 Å². The molecule has 2 nitrogen and oxygen atoms in total. The molecular weight excluding hydrogens is 290 g/mol. The van der Waals surface area contributed by atoms with Crippen molar-refractivity contribution in [1.29, 1.82) is 0 Å². The fraction of sp³-hybridized carbons (Fsp3) is 0.0625. The van der Waals surface area contributed by atoms with Gasteiger partial charge in [0.15, 0.2) is 0 Å². The largest absolute Gasteiger partial charge is 0.321 e. The highest BCUT2D eigenvalue weighted by molar-refractivity contribution is 7.20. The molecule has 20 heavy (non-hydrogen) atoms. The Balaban J connectivity index is 1.91. The summed E-state index contributed by atoms with van der Waals surface area (Å²) >= 11 is 7.55. The zero-order valence-electron chi connectivity index (χ0n) is 10.8. The zero-order valence-corrected chi connectivity index (χ0v) is 12.4. The lowest BCUT2D eigenvalue weighted by Gasteiger charge is -2.08. The molecule has 1 N–H and O–H groups in total. The number of benzene rings is 2. The van der Waals surface area contributed by atoms with Gasteiger partial charge in [-0.1, -0.05) is 35.9 Å². The zero-order chi connectivity index (χ0) is 14.1. The Morgan fingerprint density at radius 2 is 1.95 bits per heavy atom. The highest BCUT2D eigenvalue weighted by Gasteiger charge is 2.12. The second-order valence-corrected chi connectivity index (χ2v) is 6.01. The number of thiophene rings is 1. The van der Waals surface area contributed by atoms with Crippen molar-refractivity contribution in [2.75, 3.05) is 5.32 Å². The van der Waals surface area contributed by atoms with Crippen LogP contribution in [0.1, 0.15) is 15.2 Å². The van der Waals surface area contributed by atoms with E-state index in [1.54, 1.807) is 0 Å². The van der Waals surface area contributed by atoms with Crippen molar-refractivity contribution < 1.29 is 4.79 Å². The maximum absolute atomic E-state index is 12.3. The third kappa shape index (κ3) is 2.42. The van der Waals surface area contributed by atoms with Crippen LogP contribution in [0.5, 0.6) is 0 Å². The molecule has 0 spiro atoms. The molecule has 0 saturated heterocycles. The van der Waals surface area contributed by atoms with E-state index in [1.165, 1.54) is 11.3 Å². The minimum Gasteiger partial charge on any atom is -0.321 e. The molecule has 0 aliphatic heterocycles. The average molecular weight is 302 g/mol. The van der Waals surface area contributed by atoms with Crippen LogP contribution in [-0.2, 0) is 0 Å². The Labute approximate surface area is 126 Å². The highest BCUT2D eigenvalue weighted by Crippen LogP contribution is 2.27. The van der Waals surface area contributed by atoms with Crippen LogP contribution in [-0.4, -0.2) is 5.91 Å². The van der Waals surface area contributed by atoms with E-state index in [4.69, 9.17) is 11.6 Å². The summed E-state index contributed by atoms with van der Waals surface area (Å²) in [5, 5.41) is 4.66. The summed E-state index contributed by atoms with van der Waals surface area (Å²) in [7, 11) is 0. The van der Waals surface area contributed by atoms with Gasteiger partial charge in [-0.3, -0.25) is 4.79 Å². The maximum atomic E-state index is 12.3. The van der Waals surface area contributed by atoms with Gasteiger partial charge >= 0.3 is 0 Å². The van der Waals surface area contributed by atoms with E-state index in [1.807, 2.05) is 55.5 Å². The van der Waals surface area contributed by atoms with Gasteiger partial charge in [-0.2, -0.15) is 0 Å². The number of hydrogen-bond donors (Lipinski definition) is 1. The first-order valence-electron chi connectivity index (χ1n) is 6.20. The molecule has 0 aliphatic rings. The van der Waals surface area contributed by atoms with E-state index in [9.17, 15) is 4.79 Å². The topological polar surface area (TPSA) is 29.1 Å². The van der Waals surface area contributed by atoms with E-state index < -0.39 is 0 Å². The first-order valence-corrected chi connectivity index (χ1v) is 7.39. The van der Waals surface area contributed by atoms with Crippen molar-refractivity contribution >= 4 is 44.6 Å². The lowest BCUT2D eigenvalue weighted by molar-refractivity contribution is 0.103. The smallest absolute Gasteiger partial charge is 0.265 e. The van der Waals surface area contributed by atoms with Crippen LogP contribution in [0.25, 0.3) is 10.1 Å². The molecular formula is C16H12ClNOS. The molecule has 1 aromatic heterocycles. The minimum atomic E-state index is -0.100. The summed E-state index contributed by atoms with van der Waals surface area (Å²) in [5.74, 6) is -0.100.